The summed E-state index contributed by atoms with van der Waals surface area (Å²) in [5.41, 5.74) is 0. The number of hydrogen-bond acceptors (Lipinski definition) is 6. The van der Waals surface area contributed by atoms with Gasteiger partial charge in [-0.3, -0.25) is 14.4 Å². The van der Waals surface area contributed by atoms with Crippen molar-refractivity contribution in [2.75, 3.05) is 13.2 Å². The highest BCUT2D eigenvalue weighted by molar-refractivity contribution is 5.71. The first kappa shape index (κ1) is 72.8. The molecular weight excluding hydrogens is 949 g/mol. The second-order valence-electron chi connectivity index (χ2n) is 20.9. The highest BCUT2D eigenvalue weighted by Gasteiger charge is 2.19. The molecule has 0 spiro atoms. The average molecular weight is 1070 g/mol. The molecule has 0 N–H and O–H groups in total. The van der Waals surface area contributed by atoms with Crippen LogP contribution in [0.3, 0.4) is 0 Å². The van der Waals surface area contributed by atoms with Crippen LogP contribution in [-0.4, -0.2) is 37.2 Å². The zero-order chi connectivity index (χ0) is 55.7. The van der Waals surface area contributed by atoms with Gasteiger partial charge in [0.1, 0.15) is 13.2 Å². The van der Waals surface area contributed by atoms with Gasteiger partial charge in [0, 0.05) is 19.3 Å². The lowest BCUT2D eigenvalue weighted by Crippen LogP contribution is -2.30. The molecule has 1 atom stereocenters. The molecule has 0 fully saturated rings. The van der Waals surface area contributed by atoms with E-state index in [1.165, 1.54) is 128 Å². The van der Waals surface area contributed by atoms with Gasteiger partial charge in [0.25, 0.3) is 0 Å². The number of unbranched alkanes of at least 4 members (excludes halogenated alkanes) is 26. The van der Waals surface area contributed by atoms with Crippen LogP contribution in [0.15, 0.2) is 122 Å². The van der Waals surface area contributed by atoms with Gasteiger partial charge < -0.3 is 14.2 Å². The monoisotopic (exact) mass is 1070 g/mol. The van der Waals surface area contributed by atoms with E-state index in [0.717, 1.165) is 122 Å². The SMILES string of the molecule is CC/C=C\C/C=C\C/C=C\C/C=C\CCCCCCCCCCCCCCCCC(=O)OCC(COC(=O)CCCC/C=C\C/C=C\C/C=C\C/C=C\CC)OC(=O)CCCCCCCCC/C=C\C/C=C\CCCCC. The van der Waals surface area contributed by atoms with Crippen molar-refractivity contribution >= 4 is 17.9 Å². The minimum atomic E-state index is -0.803. The molecular formula is C71H118O6. The summed E-state index contributed by atoms with van der Waals surface area (Å²) < 4.78 is 16.9. The van der Waals surface area contributed by atoms with Crippen LogP contribution in [-0.2, 0) is 28.6 Å². The Balaban J connectivity index is 4.35. The van der Waals surface area contributed by atoms with Crippen LogP contribution in [0, 0.1) is 0 Å². The summed E-state index contributed by atoms with van der Waals surface area (Å²) in [6, 6.07) is 0. The largest absolute Gasteiger partial charge is 0.462 e. The maximum absolute atomic E-state index is 12.9. The van der Waals surface area contributed by atoms with Gasteiger partial charge in [-0.25, -0.2) is 0 Å². The maximum atomic E-state index is 12.9. The molecule has 1 unspecified atom stereocenters. The standard InChI is InChI=1S/C71H118O6/c1-4-7-10-13-16-19-22-25-28-30-31-32-33-34-35-36-37-38-39-41-43-46-49-52-55-58-61-64-70(73)76-67-68(66-75-69(72)63-60-57-54-51-48-45-42-27-24-21-18-15-12-9-6-3)77-71(74)65-62-59-56-53-50-47-44-40-29-26-23-20-17-14-11-8-5-2/h7,9-10,12,16-21,25-29,31-32,42,48,51,68H,4-6,8,11,13-15,22-24,30,33-41,43-47,49-50,52-67H2,1-3H3/b10-7-,12-9-,19-16-,20-17-,21-18-,28-25-,29-26-,32-31-,42-27-,51-48-. The fourth-order valence-electron chi connectivity index (χ4n) is 8.69. The molecule has 0 aliphatic rings. The van der Waals surface area contributed by atoms with Crippen LogP contribution in [0.2, 0.25) is 0 Å². The van der Waals surface area contributed by atoms with E-state index in [0.29, 0.717) is 19.3 Å². The minimum absolute atomic E-state index is 0.0959. The Morgan fingerprint density at radius 1 is 0.273 bits per heavy atom. The number of hydrogen-bond donors (Lipinski definition) is 0. The highest BCUT2D eigenvalue weighted by Crippen LogP contribution is 2.16. The number of rotatable bonds is 57. The predicted octanol–water partition coefficient (Wildman–Crippen LogP) is 22.0. The molecule has 0 radical (unpaired) electrons. The van der Waals surface area contributed by atoms with E-state index in [4.69, 9.17) is 14.2 Å². The zero-order valence-electron chi connectivity index (χ0n) is 50.2. The van der Waals surface area contributed by atoms with Gasteiger partial charge in [-0.2, -0.15) is 0 Å². The predicted molar refractivity (Wildman–Crippen MR) is 334 cm³/mol. The van der Waals surface area contributed by atoms with Crippen molar-refractivity contribution in [2.45, 2.75) is 297 Å². The first-order valence-corrected chi connectivity index (χ1v) is 32.0. The lowest BCUT2D eigenvalue weighted by atomic mass is 10.0. The summed E-state index contributed by atoms with van der Waals surface area (Å²) in [7, 11) is 0. The Kier molecular flexibility index (Phi) is 60.8. The van der Waals surface area contributed by atoms with Crippen molar-refractivity contribution in [3.63, 3.8) is 0 Å². The van der Waals surface area contributed by atoms with Crippen molar-refractivity contribution < 1.29 is 28.6 Å². The summed E-state index contributed by atoms with van der Waals surface area (Å²) in [4.78, 5) is 38.3. The lowest BCUT2D eigenvalue weighted by Gasteiger charge is -2.18. The van der Waals surface area contributed by atoms with Crippen LogP contribution in [0.4, 0.5) is 0 Å². The highest BCUT2D eigenvalue weighted by atomic mass is 16.6. The normalized spacial score (nSPS) is 12.9. The quantitative estimate of drug-likeness (QED) is 0.0261. The van der Waals surface area contributed by atoms with Crippen molar-refractivity contribution in [3.8, 4) is 0 Å². The Bertz CT molecular complexity index is 1600. The van der Waals surface area contributed by atoms with Crippen molar-refractivity contribution in [3.05, 3.63) is 122 Å². The van der Waals surface area contributed by atoms with E-state index in [9.17, 15) is 14.4 Å². The minimum Gasteiger partial charge on any atom is -0.462 e. The molecule has 6 nitrogen and oxygen atoms in total. The van der Waals surface area contributed by atoms with Crippen LogP contribution in [0.1, 0.15) is 290 Å². The van der Waals surface area contributed by atoms with Crippen molar-refractivity contribution in [1.82, 2.24) is 0 Å². The molecule has 0 saturated carbocycles. The molecule has 77 heavy (non-hydrogen) atoms. The number of allylic oxidation sites excluding steroid dienone is 20. The maximum Gasteiger partial charge on any atom is 0.306 e. The first-order chi connectivity index (χ1) is 38.0. The molecule has 0 aliphatic heterocycles. The number of esters is 3. The molecule has 0 aliphatic carbocycles. The van der Waals surface area contributed by atoms with Gasteiger partial charge in [0.15, 0.2) is 6.10 Å². The van der Waals surface area contributed by atoms with Gasteiger partial charge in [-0.05, 0) is 128 Å². The molecule has 0 saturated heterocycles. The average Bonchev–Trinajstić information content (AvgIpc) is 3.43. The number of carbonyl (C=O) groups is 3. The van der Waals surface area contributed by atoms with E-state index >= 15 is 0 Å². The van der Waals surface area contributed by atoms with Crippen LogP contribution < -0.4 is 0 Å². The van der Waals surface area contributed by atoms with E-state index in [1.54, 1.807) is 0 Å². The summed E-state index contributed by atoms with van der Waals surface area (Å²) in [5.74, 6) is -0.942. The second-order valence-corrected chi connectivity index (χ2v) is 20.9. The lowest BCUT2D eigenvalue weighted by molar-refractivity contribution is -0.167. The Labute approximate surface area is 475 Å². The third kappa shape index (κ3) is 62.5. The van der Waals surface area contributed by atoms with Gasteiger partial charge in [0.05, 0.1) is 0 Å². The van der Waals surface area contributed by atoms with E-state index in [2.05, 4.69) is 142 Å². The smallest absolute Gasteiger partial charge is 0.306 e. The molecule has 0 bridgehead atoms. The van der Waals surface area contributed by atoms with Gasteiger partial charge in [0.2, 0.25) is 0 Å². The molecule has 0 rings (SSSR count). The topological polar surface area (TPSA) is 78.9 Å². The first-order valence-electron chi connectivity index (χ1n) is 32.0. The van der Waals surface area contributed by atoms with Crippen LogP contribution >= 0.6 is 0 Å². The summed E-state index contributed by atoms with van der Waals surface area (Å²) in [6.45, 7) is 6.36. The molecule has 0 aromatic heterocycles. The van der Waals surface area contributed by atoms with E-state index < -0.39 is 6.10 Å². The number of ether oxygens (including phenoxy) is 3. The Hall–Kier alpha value is -4.19. The summed E-state index contributed by atoms with van der Waals surface area (Å²) in [6.07, 6.45) is 89.2. The molecule has 0 aromatic rings. The Morgan fingerprint density at radius 2 is 0.506 bits per heavy atom. The van der Waals surface area contributed by atoms with E-state index in [1.807, 2.05) is 0 Å². The second kappa shape index (κ2) is 64.3. The van der Waals surface area contributed by atoms with Crippen LogP contribution in [0.5, 0.6) is 0 Å². The van der Waals surface area contributed by atoms with Gasteiger partial charge in [-0.15, -0.1) is 0 Å². The summed E-state index contributed by atoms with van der Waals surface area (Å²) in [5, 5.41) is 0. The molecule has 0 amide bonds. The molecule has 0 aromatic carbocycles. The third-order valence-corrected chi connectivity index (χ3v) is 13.4. The summed E-state index contributed by atoms with van der Waals surface area (Å²) >= 11 is 0. The third-order valence-electron chi connectivity index (χ3n) is 13.4. The van der Waals surface area contributed by atoms with Gasteiger partial charge >= 0.3 is 17.9 Å². The molecule has 0 heterocycles. The van der Waals surface area contributed by atoms with Crippen molar-refractivity contribution in [2.24, 2.45) is 0 Å². The fourth-order valence-corrected chi connectivity index (χ4v) is 8.69. The number of carbonyl (C=O) groups excluding carboxylic acids is 3. The van der Waals surface area contributed by atoms with E-state index in [-0.39, 0.29) is 31.1 Å². The van der Waals surface area contributed by atoms with Crippen LogP contribution in [0.25, 0.3) is 0 Å². The molecule has 6 heteroatoms. The zero-order valence-corrected chi connectivity index (χ0v) is 50.2. The van der Waals surface area contributed by atoms with Crippen molar-refractivity contribution in [1.29, 1.82) is 0 Å². The fraction of sp³-hybridized carbons (Fsp3) is 0.676. The van der Waals surface area contributed by atoms with Gasteiger partial charge in [-0.1, -0.05) is 264 Å². The Morgan fingerprint density at radius 3 is 0.818 bits per heavy atom. The molecule has 438 valence electrons.